The molecule has 4 N–H and O–H groups in total. The highest BCUT2D eigenvalue weighted by molar-refractivity contribution is 5.96. The van der Waals surface area contributed by atoms with Crippen molar-refractivity contribution in [1.29, 1.82) is 0 Å². The maximum atomic E-state index is 12.5. The van der Waals surface area contributed by atoms with Crippen LogP contribution >= 0.6 is 0 Å². The van der Waals surface area contributed by atoms with Gasteiger partial charge >= 0.3 is 0 Å². The van der Waals surface area contributed by atoms with Gasteiger partial charge in [0.05, 0.1) is 6.54 Å². The van der Waals surface area contributed by atoms with Crippen LogP contribution in [0.25, 0.3) is 0 Å². The average molecular weight is 447 g/mol. The summed E-state index contributed by atoms with van der Waals surface area (Å²) >= 11 is 0. The molecule has 8 nitrogen and oxygen atoms in total. The van der Waals surface area contributed by atoms with Gasteiger partial charge in [0, 0.05) is 19.2 Å². The van der Waals surface area contributed by atoms with Crippen molar-refractivity contribution in [1.82, 2.24) is 16.0 Å². The molecule has 0 radical (unpaired) electrons. The zero-order valence-electron chi connectivity index (χ0n) is 19.8. The zero-order chi connectivity index (χ0) is 23.9. The fourth-order valence-corrected chi connectivity index (χ4v) is 2.90. The van der Waals surface area contributed by atoms with E-state index >= 15 is 0 Å². The van der Waals surface area contributed by atoms with E-state index in [0.717, 1.165) is 31.2 Å². The number of carbonyl (C=O) groups is 3. The SMILES string of the molecule is C=C(NC)OCc1ccc(NC(=O)CNC(=O)[C@@H](NC(=O)CCCCCC)C(C)C)cc1. The Morgan fingerprint density at radius 1 is 1.03 bits per heavy atom. The van der Waals surface area contributed by atoms with E-state index in [1.54, 1.807) is 19.2 Å². The number of unbranched alkanes of at least 4 members (excludes halogenated alkanes) is 3. The lowest BCUT2D eigenvalue weighted by Gasteiger charge is -2.21. The van der Waals surface area contributed by atoms with Crippen LogP contribution in [0.3, 0.4) is 0 Å². The zero-order valence-corrected chi connectivity index (χ0v) is 19.8. The molecule has 1 aromatic rings. The number of rotatable bonds is 15. The first kappa shape index (κ1) is 27.0. The van der Waals surface area contributed by atoms with E-state index < -0.39 is 6.04 Å². The number of hydrogen-bond donors (Lipinski definition) is 4. The lowest BCUT2D eigenvalue weighted by atomic mass is 10.0. The number of anilines is 1. The quantitative estimate of drug-likeness (QED) is 0.245. The molecule has 0 heterocycles. The Kier molecular flexibility index (Phi) is 12.6. The Labute approximate surface area is 191 Å². The summed E-state index contributed by atoms with van der Waals surface area (Å²) in [6.07, 6.45) is 4.41. The normalized spacial score (nSPS) is 11.4. The van der Waals surface area contributed by atoms with Crippen molar-refractivity contribution in [2.24, 2.45) is 5.92 Å². The predicted molar refractivity (Wildman–Crippen MR) is 127 cm³/mol. The Balaban J connectivity index is 2.45. The lowest BCUT2D eigenvalue weighted by Crippen LogP contribution is -2.51. The summed E-state index contributed by atoms with van der Waals surface area (Å²) in [5, 5.41) is 10.9. The van der Waals surface area contributed by atoms with Gasteiger partial charge in [-0.1, -0.05) is 52.2 Å². The molecular weight excluding hydrogens is 408 g/mol. The van der Waals surface area contributed by atoms with E-state index in [0.29, 0.717) is 24.6 Å². The van der Waals surface area contributed by atoms with Gasteiger partial charge in [0.2, 0.25) is 17.7 Å². The molecule has 0 saturated heterocycles. The number of amides is 3. The molecule has 8 heteroatoms. The number of ether oxygens (including phenoxy) is 1. The van der Waals surface area contributed by atoms with Crippen molar-refractivity contribution >= 4 is 23.4 Å². The summed E-state index contributed by atoms with van der Waals surface area (Å²) in [7, 11) is 1.73. The van der Waals surface area contributed by atoms with Crippen LogP contribution in [0.5, 0.6) is 0 Å². The number of nitrogens with one attached hydrogen (secondary N) is 4. The predicted octanol–water partition coefficient (Wildman–Crippen LogP) is 3.06. The van der Waals surface area contributed by atoms with Gasteiger partial charge in [-0.05, 0) is 36.6 Å². The van der Waals surface area contributed by atoms with Gasteiger partial charge in [-0.25, -0.2) is 0 Å². The third-order valence-electron chi connectivity index (χ3n) is 4.88. The number of carbonyl (C=O) groups excluding carboxylic acids is 3. The highest BCUT2D eigenvalue weighted by Crippen LogP contribution is 2.11. The lowest BCUT2D eigenvalue weighted by molar-refractivity contribution is -0.130. The van der Waals surface area contributed by atoms with Gasteiger partial charge in [0.25, 0.3) is 0 Å². The van der Waals surface area contributed by atoms with Crippen LogP contribution in [-0.2, 0) is 25.7 Å². The van der Waals surface area contributed by atoms with Crippen molar-refractivity contribution in [3.05, 3.63) is 42.3 Å². The molecule has 0 aromatic heterocycles. The van der Waals surface area contributed by atoms with E-state index in [9.17, 15) is 14.4 Å². The first-order valence-electron chi connectivity index (χ1n) is 11.2. The molecule has 0 aliphatic rings. The second-order valence-electron chi connectivity index (χ2n) is 8.02. The molecular formula is C24H38N4O4. The summed E-state index contributed by atoms with van der Waals surface area (Å²) in [5.74, 6) is -0.465. The molecule has 178 valence electrons. The maximum Gasteiger partial charge on any atom is 0.243 e. The van der Waals surface area contributed by atoms with Gasteiger partial charge in [0.15, 0.2) is 5.88 Å². The van der Waals surface area contributed by atoms with Crippen LogP contribution in [0.2, 0.25) is 0 Å². The monoisotopic (exact) mass is 446 g/mol. The summed E-state index contributed by atoms with van der Waals surface area (Å²) in [4.78, 5) is 36.9. The van der Waals surface area contributed by atoms with E-state index in [2.05, 4.69) is 34.8 Å². The van der Waals surface area contributed by atoms with Gasteiger partial charge in [-0.2, -0.15) is 0 Å². The summed E-state index contributed by atoms with van der Waals surface area (Å²) in [6, 6.07) is 6.52. The number of benzene rings is 1. The molecule has 0 saturated carbocycles. The van der Waals surface area contributed by atoms with Crippen LogP contribution in [0, 0.1) is 5.92 Å². The topological polar surface area (TPSA) is 109 Å². The molecule has 1 aromatic carbocycles. The largest absolute Gasteiger partial charge is 0.475 e. The molecule has 3 amide bonds. The Hall–Kier alpha value is -3.03. The van der Waals surface area contributed by atoms with E-state index in [1.807, 2.05) is 26.0 Å². The van der Waals surface area contributed by atoms with Gasteiger partial charge in [-0.3, -0.25) is 14.4 Å². The first-order valence-corrected chi connectivity index (χ1v) is 11.2. The Morgan fingerprint density at radius 3 is 2.31 bits per heavy atom. The smallest absolute Gasteiger partial charge is 0.243 e. The third-order valence-corrected chi connectivity index (χ3v) is 4.88. The van der Waals surface area contributed by atoms with Crippen molar-refractivity contribution in [2.75, 3.05) is 18.9 Å². The molecule has 0 aliphatic carbocycles. The third kappa shape index (κ3) is 10.8. The molecule has 0 aliphatic heterocycles. The molecule has 0 unspecified atom stereocenters. The first-order chi connectivity index (χ1) is 15.3. The van der Waals surface area contributed by atoms with Crippen LogP contribution < -0.4 is 21.3 Å². The molecule has 1 rings (SSSR count). The Bertz CT molecular complexity index is 747. The Morgan fingerprint density at radius 2 is 1.72 bits per heavy atom. The fourth-order valence-electron chi connectivity index (χ4n) is 2.90. The molecule has 0 fully saturated rings. The van der Waals surface area contributed by atoms with Crippen molar-refractivity contribution in [2.45, 2.75) is 65.5 Å². The molecule has 0 bridgehead atoms. The molecule has 32 heavy (non-hydrogen) atoms. The van der Waals surface area contributed by atoms with E-state index in [4.69, 9.17) is 4.74 Å². The standard InChI is InChI=1S/C24H38N4O4/c1-6-7-8-9-10-21(29)28-23(17(2)3)24(31)26-15-22(30)27-20-13-11-19(12-14-20)16-32-18(4)25-5/h11-14,17,23,25H,4,6-10,15-16H2,1-3,5H3,(H,26,31)(H,27,30)(H,28,29)/t23-/m0/s1. The van der Waals surface area contributed by atoms with Gasteiger partial charge in [-0.15, -0.1) is 0 Å². The maximum absolute atomic E-state index is 12.5. The second-order valence-corrected chi connectivity index (χ2v) is 8.02. The van der Waals surface area contributed by atoms with Crippen molar-refractivity contribution in [3.63, 3.8) is 0 Å². The average Bonchev–Trinajstić information content (AvgIpc) is 2.77. The van der Waals surface area contributed by atoms with Crippen molar-refractivity contribution in [3.8, 4) is 0 Å². The van der Waals surface area contributed by atoms with E-state index in [-0.39, 0.29) is 30.2 Å². The second kappa shape index (κ2) is 14.9. The van der Waals surface area contributed by atoms with Crippen LogP contribution in [-0.4, -0.2) is 37.4 Å². The van der Waals surface area contributed by atoms with Gasteiger partial charge in [0.1, 0.15) is 12.6 Å². The highest BCUT2D eigenvalue weighted by atomic mass is 16.5. The van der Waals surface area contributed by atoms with Crippen LogP contribution in [0.15, 0.2) is 36.7 Å². The summed E-state index contributed by atoms with van der Waals surface area (Å²) < 4.78 is 5.39. The minimum Gasteiger partial charge on any atom is -0.475 e. The van der Waals surface area contributed by atoms with Gasteiger partial charge < -0.3 is 26.0 Å². The minimum absolute atomic E-state index is 0.0913. The van der Waals surface area contributed by atoms with Crippen LogP contribution in [0.1, 0.15) is 58.4 Å². The van der Waals surface area contributed by atoms with Crippen LogP contribution in [0.4, 0.5) is 5.69 Å². The fraction of sp³-hybridized carbons (Fsp3) is 0.542. The molecule has 0 spiro atoms. The minimum atomic E-state index is -0.673. The van der Waals surface area contributed by atoms with E-state index in [1.165, 1.54) is 0 Å². The molecule has 1 atom stereocenters. The summed E-state index contributed by atoms with van der Waals surface area (Å²) in [5.41, 5.74) is 1.54. The summed E-state index contributed by atoms with van der Waals surface area (Å²) in [6.45, 7) is 9.71. The highest BCUT2D eigenvalue weighted by Gasteiger charge is 2.24. The number of hydrogen-bond acceptors (Lipinski definition) is 5. The van der Waals surface area contributed by atoms with Crippen molar-refractivity contribution < 1.29 is 19.1 Å².